The number of nitrogen functional groups attached to an aromatic ring is 1. The molecule has 0 radical (unpaired) electrons. The summed E-state index contributed by atoms with van der Waals surface area (Å²) in [4.78, 5) is 28.1. The Morgan fingerprint density at radius 3 is 2.43 bits per heavy atom. The van der Waals surface area contributed by atoms with Crippen molar-refractivity contribution >= 4 is 22.4 Å². The number of benzene rings is 2. The van der Waals surface area contributed by atoms with E-state index in [0.29, 0.717) is 39.2 Å². The van der Waals surface area contributed by atoms with Crippen LogP contribution in [0.15, 0.2) is 47.4 Å². The van der Waals surface area contributed by atoms with Gasteiger partial charge in [0.1, 0.15) is 11.5 Å². The average molecular weight is 407 g/mol. The van der Waals surface area contributed by atoms with Crippen molar-refractivity contribution in [2.75, 3.05) is 33.0 Å². The first-order chi connectivity index (χ1) is 14.5. The third-order valence-corrected chi connectivity index (χ3v) is 5.61. The molecule has 7 nitrogen and oxygen atoms in total. The molecule has 0 spiro atoms. The van der Waals surface area contributed by atoms with Gasteiger partial charge in [0.15, 0.2) is 0 Å². The lowest BCUT2D eigenvalue weighted by Crippen LogP contribution is -2.35. The number of hydrogen-bond donors (Lipinski definition) is 1. The first kappa shape index (κ1) is 19.8. The molecule has 7 heteroatoms. The van der Waals surface area contributed by atoms with Gasteiger partial charge in [0.25, 0.3) is 11.5 Å². The number of hydrogen-bond acceptors (Lipinski definition) is 5. The van der Waals surface area contributed by atoms with Crippen LogP contribution in [0.2, 0.25) is 0 Å². The van der Waals surface area contributed by atoms with Crippen molar-refractivity contribution in [2.45, 2.75) is 19.3 Å². The minimum atomic E-state index is -0.277. The number of nitrogens with zero attached hydrogens (tertiary/aromatic N) is 2. The third kappa shape index (κ3) is 3.36. The lowest BCUT2D eigenvalue weighted by molar-refractivity contribution is 0.0724. The zero-order valence-electron chi connectivity index (χ0n) is 17.2. The van der Waals surface area contributed by atoms with Crippen LogP contribution < -0.4 is 20.8 Å². The van der Waals surface area contributed by atoms with Crippen molar-refractivity contribution in [3.05, 3.63) is 58.5 Å². The van der Waals surface area contributed by atoms with Gasteiger partial charge in [0, 0.05) is 42.0 Å². The van der Waals surface area contributed by atoms with Gasteiger partial charge in [0.2, 0.25) is 0 Å². The molecule has 0 aliphatic carbocycles. The molecule has 1 amide bonds. The topological polar surface area (TPSA) is 86.8 Å². The number of fused-ring (bicyclic) bond motifs is 1. The highest BCUT2D eigenvalue weighted by Gasteiger charge is 2.20. The Labute approximate surface area is 174 Å². The molecule has 1 saturated heterocycles. The fourth-order valence-electron chi connectivity index (χ4n) is 4.00. The first-order valence-corrected chi connectivity index (χ1v) is 10.0. The van der Waals surface area contributed by atoms with Crippen molar-refractivity contribution in [3.8, 4) is 17.2 Å². The van der Waals surface area contributed by atoms with Crippen molar-refractivity contribution < 1.29 is 14.3 Å². The molecule has 0 saturated carbocycles. The quantitative estimate of drug-likeness (QED) is 0.671. The van der Waals surface area contributed by atoms with E-state index in [1.165, 1.54) is 18.8 Å². The molecule has 0 atom stereocenters. The summed E-state index contributed by atoms with van der Waals surface area (Å²) >= 11 is 0. The van der Waals surface area contributed by atoms with Gasteiger partial charge in [0.05, 0.1) is 25.3 Å². The molecule has 2 aromatic carbocycles. The van der Waals surface area contributed by atoms with E-state index in [4.69, 9.17) is 15.2 Å². The largest absolute Gasteiger partial charge is 0.496 e. The lowest BCUT2D eigenvalue weighted by atomic mass is 10.1. The predicted molar refractivity (Wildman–Crippen MR) is 117 cm³/mol. The van der Waals surface area contributed by atoms with Crippen LogP contribution in [-0.4, -0.2) is 42.7 Å². The molecule has 1 fully saturated rings. The summed E-state index contributed by atoms with van der Waals surface area (Å²) in [6, 6.07) is 10.5. The smallest absolute Gasteiger partial charge is 0.266 e. The zero-order valence-corrected chi connectivity index (χ0v) is 17.2. The number of carbonyl (C=O) groups is 1. The molecule has 1 aliphatic rings. The number of amides is 1. The van der Waals surface area contributed by atoms with Gasteiger partial charge in [-0.2, -0.15) is 0 Å². The molecule has 1 aliphatic heterocycles. The Hall–Kier alpha value is -3.48. The summed E-state index contributed by atoms with van der Waals surface area (Å²) in [5, 5.41) is 0.930. The van der Waals surface area contributed by atoms with E-state index in [1.54, 1.807) is 42.6 Å². The Morgan fingerprint density at radius 2 is 1.73 bits per heavy atom. The molecule has 30 heavy (non-hydrogen) atoms. The van der Waals surface area contributed by atoms with Gasteiger partial charge in [-0.15, -0.1) is 0 Å². The molecule has 2 heterocycles. The predicted octanol–water partition coefficient (Wildman–Crippen LogP) is 3.22. The van der Waals surface area contributed by atoms with Gasteiger partial charge in [-0.3, -0.25) is 14.2 Å². The zero-order chi connectivity index (χ0) is 21.3. The number of anilines is 1. The van der Waals surface area contributed by atoms with Gasteiger partial charge in [-0.05, 0) is 43.5 Å². The molecule has 1 aromatic heterocycles. The van der Waals surface area contributed by atoms with Crippen LogP contribution in [0.25, 0.3) is 16.5 Å². The molecule has 0 bridgehead atoms. The summed E-state index contributed by atoms with van der Waals surface area (Å²) < 4.78 is 12.2. The summed E-state index contributed by atoms with van der Waals surface area (Å²) in [6.07, 6.45) is 4.87. The normalized spacial score (nSPS) is 14.0. The van der Waals surface area contributed by atoms with E-state index in [1.807, 2.05) is 4.90 Å². The second kappa shape index (κ2) is 8.10. The SMILES string of the molecule is COc1cc(OC)c2c(=O)n(-c3cccc(C(=O)N4CCCCC4)c3)ccc2c1N. The standard InChI is InChI=1S/C23H25N3O4/c1-29-18-14-19(30-2)21(24)17-9-12-26(23(28)20(17)18)16-8-6-7-15(13-16)22(27)25-10-4-3-5-11-25/h6-9,12-14H,3-5,10-11,24H2,1-2H3. The third-order valence-electron chi connectivity index (χ3n) is 5.61. The van der Waals surface area contributed by atoms with Crippen LogP contribution in [0.3, 0.4) is 0 Å². The molecule has 0 unspecified atom stereocenters. The highest BCUT2D eigenvalue weighted by Crippen LogP contribution is 2.36. The van der Waals surface area contributed by atoms with Crippen LogP contribution >= 0.6 is 0 Å². The summed E-state index contributed by atoms with van der Waals surface area (Å²) in [5.74, 6) is 0.832. The fraction of sp³-hybridized carbons (Fsp3) is 0.304. The van der Waals surface area contributed by atoms with Crippen LogP contribution in [0, 0.1) is 0 Å². The van der Waals surface area contributed by atoms with Gasteiger partial charge in [-0.1, -0.05) is 6.07 Å². The maximum absolute atomic E-state index is 13.3. The average Bonchev–Trinajstić information content (AvgIpc) is 2.80. The van der Waals surface area contributed by atoms with E-state index in [2.05, 4.69) is 0 Å². The van der Waals surface area contributed by atoms with E-state index >= 15 is 0 Å². The number of carbonyl (C=O) groups excluding carboxylic acids is 1. The van der Waals surface area contributed by atoms with E-state index < -0.39 is 0 Å². The Bertz CT molecular complexity index is 1160. The Kier molecular flexibility index (Phi) is 5.35. The monoisotopic (exact) mass is 407 g/mol. The number of aromatic nitrogens is 1. The van der Waals surface area contributed by atoms with Crippen molar-refractivity contribution in [1.82, 2.24) is 9.47 Å². The van der Waals surface area contributed by atoms with Crippen LogP contribution in [0.5, 0.6) is 11.5 Å². The minimum Gasteiger partial charge on any atom is -0.496 e. The Morgan fingerprint density at radius 1 is 1.00 bits per heavy atom. The second-order valence-corrected chi connectivity index (χ2v) is 7.38. The summed E-state index contributed by atoms with van der Waals surface area (Å²) in [6.45, 7) is 1.55. The van der Waals surface area contributed by atoms with Crippen LogP contribution in [0.4, 0.5) is 5.69 Å². The van der Waals surface area contributed by atoms with Gasteiger partial charge >= 0.3 is 0 Å². The van der Waals surface area contributed by atoms with Gasteiger partial charge in [-0.25, -0.2) is 0 Å². The number of likely N-dealkylation sites (tertiary alicyclic amines) is 1. The minimum absolute atomic E-state index is 0.00282. The number of methoxy groups -OCH3 is 2. The summed E-state index contributed by atoms with van der Waals surface area (Å²) in [5.41, 5.74) is 7.47. The number of piperidine rings is 1. The highest BCUT2D eigenvalue weighted by atomic mass is 16.5. The van der Waals surface area contributed by atoms with E-state index in [-0.39, 0.29) is 11.5 Å². The highest BCUT2D eigenvalue weighted by molar-refractivity contribution is 5.99. The molecule has 156 valence electrons. The van der Waals surface area contributed by atoms with Crippen LogP contribution in [0.1, 0.15) is 29.6 Å². The first-order valence-electron chi connectivity index (χ1n) is 10.0. The van der Waals surface area contributed by atoms with E-state index in [9.17, 15) is 9.59 Å². The molecule has 2 N–H and O–H groups in total. The summed E-state index contributed by atoms with van der Waals surface area (Å²) in [7, 11) is 3.02. The lowest BCUT2D eigenvalue weighted by Gasteiger charge is -2.26. The molecular weight excluding hydrogens is 382 g/mol. The molecule has 4 rings (SSSR count). The van der Waals surface area contributed by atoms with Crippen LogP contribution in [-0.2, 0) is 0 Å². The van der Waals surface area contributed by atoms with Crippen molar-refractivity contribution in [3.63, 3.8) is 0 Å². The fourth-order valence-corrected chi connectivity index (χ4v) is 4.00. The molecule has 3 aromatic rings. The van der Waals surface area contributed by atoms with E-state index in [0.717, 1.165) is 32.4 Å². The number of nitrogens with two attached hydrogens (primary N) is 1. The number of pyridine rings is 1. The number of ether oxygens (including phenoxy) is 2. The second-order valence-electron chi connectivity index (χ2n) is 7.38. The molecular formula is C23H25N3O4. The van der Waals surface area contributed by atoms with Gasteiger partial charge < -0.3 is 20.1 Å². The maximum Gasteiger partial charge on any atom is 0.266 e. The maximum atomic E-state index is 13.3. The Balaban J connectivity index is 1.81. The van der Waals surface area contributed by atoms with Crippen molar-refractivity contribution in [1.29, 1.82) is 0 Å². The number of rotatable bonds is 4. The van der Waals surface area contributed by atoms with Crippen molar-refractivity contribution in [2.24, 2.45) is 0 Å².